The fourth-order valence-corrected chi connectivity index (χ4v) is 1.26. The van der Waals surface area contributed by atoms with Crippen LogP contribution in [0.2, 0.25) is 0 Å². The number of aryl methyl sites for hydroxylation is 1. The number of hydrogen-bond acceptors (Lipinski definition) is 3. The molecule has 0 spiro atoms. The van der Waals surface area contributed by atoms with E-state index in [1.807, 2.05) is 25.1 Å². The maximum Gasteiger partial charge on any atom is 0.152 e. The molecule has 0 aromatic carbocycles. The van der Waals surface area contributed by atoms with E-state index in [0.29, 0.717) is 11.6 Å². The molecule has 0 N–H and O–H groups in total. The Morgan fingerprint density at radius 1 is 1.43 bits per heavy atom. The smallest absolute Gasteiger partial charge is 0.152 e. The van der Waals surface area contributed by atoms with Gasteiger partial charge in [0.05, 0.1) is 5.88 Å². The second-order valence-electron chi connectivity index (χ2n) is 3.00. The Morgan fingerprint density at radius 2 is 2.29 bits per heavy atom. The molecule has 14 heavy (non-hydrogen) atoms. The Labute approximate surface area is 86.7 Å². The minimum Gasteiger partial charge on any atom is -0.359 e. The quantitative estimate of drug-likeness (QED) is 0.713. The number of hydrogen-bond donors (Lipinski definition) is 0. The standard InChI is InChI=1S/C10H9ClN2O/c1-7-2-3-8(6-12-7)10-4-9(5-11)14-13-10/h2-4,6H,5H2,1H3. The molecule has 0 amide bonds. The van der Waals surface area contributed by atoms with Crippen molar-refractivity contribution in [3.05, 3.63) is 35.9 Å². The molecule has 2 heterocycles. The average Bonchev–Trinajstić information content (AvgIpc) is 2.67. The van der Waals surface area contributed by atoms with Gasteiger partial charge in [-0.05, 0) is 19.1 Å². The van der Waals surface area contributed by atoms with E-state index in [1.54, 1.807) is 6.20 Å². The molecule has 0 fully saturated rings. The molecule has 0 atom stereocenters. The fourth-order valence-electron chi connectivity index (χ4n) is 1.13. The summed E-state index contributed by atoms with van der Waals surface area (Å²) < 4.78 is 4.99. The first-order valence-electron chi connectivity index (χ1n) is 4.24. The molecule has 2 aromatic rings. The normalized spacial score (nSPS) is 10.4. The molecule has 0 aliphatic rings. The van der Waals surface area contributed by atoms with Crippen molar-refractivity contribution in [1.29, 1.82) is 0 Å². The van der Waals surface area contributed by atoms with Gasteiger partial charge in [-0.1, -0.05) is 5.16 Å². The Balaban J connectivity index is 2.34. The molecule has 0 bridgehead atoms. The molecular weight excluding hydrogens is 200 g/mol. The zero-order chi connectivity index (χ0) is 9.97. The Hall–Kier alpha value is -1.35. The number of aromatic nitrogens is 2. The van der Waals surface area contributed by atoms with Gasteiger partial charge < -0.3 is 4.52 Å². The van der Waals surface area contributed by atoms with Crippen LogP contribution >= 0.6 is 11.6 Å². The first-order valence-corrected chi connectivity index (χ1v) is 4.77. The van der Waals surface area contributed by atoms with Gasteiger partial charge in [0.15, 0.2) is 5.76 Å². The number of halogens is 1. The van der Waals surface area contributed by atoms with Crippen LogP contribution in [0, 0.1) is 6.92 Å². The fraction of sp³-hybridized carbons (Fsp3) is 0.200. The predicted octanol–water partition coefficient (Wildman–Crippen LogP) is 2.78. The van der Waals surface area contributed by atoms with Crippen LogP contribution in [-0.2, 0) is 5.88 Å². The van der Waals surface area contributed by atoms with Gasteiger partial charge in [-0.25, -0.2) is 0 Å². The van der Waals surface area contributed by atoms with Gasteiger partial charge in [0.2, 0.25) is 0 Å². The number of rotatable bonds is 2. The van der Waals surface area contributed by atoms with Gasteiger partial charge in [-0.3, -0.25) is 4.98 Å². The van der Waals surface area contributed by atoms with Crippen molar-refractivity contribution >= 4 is 11.6 Å². The van der Waals surface area contributed by atoms with Crippen molar-refractivity contribution in [3.8, 4) is 11.3 Å². The van der Waals surface area contributed by atoms with Gasteiger partial charge in [0.25, 0.3) is 0 Å². The highest BCUT2D eigenvalue weighted by atomic mass is 35.5. The highest BCUT2D eigenvalue weighted by Gasteiger charge is 2.05. The average molecular weight is 209 g/mol. The zero-order valence-corrected chi connectivity index (χ0v) is 8.45. The summed E-state index contributed by atoms with van der Waals surface area (Å²) in [4.78, 5) is 4.18. The number of pyridine rings is 1. The monoisotopic (exact) mass is 208 g/mol. The lowest BCUT2D eigenvalue weighted by Gasteiger charge is -1.94. The third kappa shape index (κ3) is 1.77. The van der Waals surface area contributed by atoms with E-state index in [9.17, 15) is 0 Å². The van der Waals surface area contributed by atoms with Crippen LogP contribution in [0.3, 0.4) is 0 Å². The molecule has 2 rings (SSSR count). The third-order valence-corrected chi connectivity index (χ3v) is 2.16. The largest absolute Gasteiger partial charge is 0.359 e. The first-order chi connectivity index (χ1) is 6.79. The summed E-state index contributed by atoms with van der Waals surface area (Å²) in [5.41, 5.74) is 2.69. The molecule has 72 valence electrons. The van der Waals surface area contributed by atoms with Crippen LogP contribution in [0.4, 0.5) is 0 Å². The summed E-state index contributed by atoms with van der Waals surface area (Å²) in [6, 6.07) is 5.71. The third-order valence-electron chi connectivity index (χ3n) is 1.90. The molecule has 0 aliphatic heterocycles. The summed E-state index contributed by atoms with van der Waals surface area (Å²) in [7, 11) is 0. The van der Waals surface area contributed by atoms with E-state index in [2.05, 4.69) is 10.1 Å². The Morgan fingerprint density at radius 3 is 2.86 bits per heavy atom. The summed E-state index contributed by atoms with van der Waals surface area (Å²) in [6.45, 7) is 1.94. The van der Waals surface area contributed by atoms with Gasteiger partial charge in [0, 0.05) is 23.5 Å². The van der Waals surface area contributed by atoms with E-state index in [-0.39, 0.29) is 0 Å². The Bertz CT molecular complexity index is 422. The maximum absolute atomic E-state index is 5.60. The topological polar surface area (TPSA) is 38.9 Å². The Kier molecular flexibility index (Phi) is 2.50. The lowest BCUT2D eigenvalue weighted by molar-refractivity contribution is 0.396. The number of nitrogens with zero attached hydrogens (tertiary/aromatic N) is 2. The summed E-state index contributed by atoms with van der Waals surface area (Å²) >= 11 is 5.60. The van der Waals surface area contributed by atoms with Gasteiger partial charge in [0.1, 0.15) is 5.69 Å². The molecule has 4 heteroatoms. The van der Waals surface area contributed by atoms with Crippen molar-refractivity contribution in [2.24, 2.45) is 0 Å². The highest BCUT2D eigenvalue weighted by molar-refractivity contribution is 6.16. The highest BCUT2D eigenvalue weighted by Crippen LogP contribution is 2.18. The molecule has 3 nitrogen and oxygen atoms in total. The maximum atomic E-state index is 5.60. The minimum absolute atomic E-state index is 0.340. The van der Waals surface area contributed by atoms with Crippen LogP contribution in [0.1, 0.15) is 11.5 Å². The van der Waals surface area contributed by atoms with Crippen molar-refractivity contribution in [2.45, 2.75) is 12.8 Å². The molecule has 0 aliphatic carbocycles. The lowest BCUT2D eigenvalue weighted by Crippen LogP contribution is -1.82. The van der Waals surface area contributed by atoms with E-state index in [4.69, 9.17) is 16.1 Å². The van der Waals surface area contributed by atoms with E-state index in [1.165, 1.54) is 0 Å². The van der Waals surface area contributed by atoms with Crippen molar-refractivity contribution in [1.82, 2.24) is 10.1 Å². The molecule has 0 saturated carbocycles. The van der Waals surface area contributed by atoms with Crippen molar-refractivity contribution < 1.29 is 4.52 Å². The molecule has 0 saturated heterocycles. The second kappa shape index (κ2) is 3.80. The molecular formula is C10H9ClN2O. The zero-order valence-electron chi connectivity index (χ0n) is 7.70. The van der Waals surface area contributed by atoms with Crippen LogP contribution in [0.5, 0.6) is 0 Å². The van der Waals surface area contributed by atoms with Gasteiger partial charge in [-0.2, -0.15) is 0 Å². The summed E-state index contributed by atoms with van der Waals surface area (Å²) in [6.07, 6.45) is 1.77. The molecule has 0 unspecified atom stereocenters. The SMILES string of the molecule is Cc1ccc(-c2cc(CCl)on2)cn1. The van der Waals surface area contributed by atoms with E-state index in [0.717, 1.165) is 17.0 Å². The van der Waals surface area contributed by atoms with E-state index >= 15 is 0 Å². The van der Waals surface area contributed by atoms with Crippen LogP contribution in [0.25, 0.3) is 11.3 Å². The summed E-state index contributed by atoms with van der Waals surface area (Å²) in [5.74, 6) is 1.01. The van der Waals surface area contributed by atoms with Crippen molar-refractivity contribution in [3.63, 3.8) is 0 Å². The van der Waals surface area contributed by atoms with Crippen LogP contribution in [-0.4, -0.2) is 10.1 Å². The first kappa shape index (κ1) is 9.21. The molecule has 2 aromatic heterocycles. The minimum atomic E-state index is 0.340. The lowest BCUT2D eigenvalue weighted by atomic mass is 10.2. The second-order valence-corrected chi connectivity index (χ2v) is 3.27. The van der Waals surface area contributed by atoms with Gasteiger partial charge in [-0.15, -0.1) is 11.6 Å². The van der Waals surface area contributed by atoms with Crippen LogP contribution < -0.4 is 0 Å². The van der Waals surface area contributed by atoms with E-state index < -0.39 is 0 Å². The van der Waals surface area contributed by atoms with Gasteiger partial charge >= 0.3 is 0 Å². The number of alkyl halides is 1. The summed E-state index contributed by atoms with van der Waals surface area (Å²) in [5, 5.41) is 3.89. The van der Waals surface area contributed by atoms with Crippen molar-refractivity contribution in [2.75, 3.05) is 0 Å². The van der Waals surface area contributed by atoms with Crippen LogP contribution in [0.15, 0.2) is 28.9 Å². The predicted molar refractivity (Wildman–Crippen MR) is 54.0 cm³/mol. The molecule has 0 radical (unpaired) electrons.